The Bertz CT molecular complexity index is 2000. The number of H-pyrrole nitrogens is 2. The van der Waals surface area contributed by atoms with Gasteiger partial charge in [0.1, 0.15) is 48.3 Å². The molecule has 0 aliphatic heterocycles. The summed E-state index contributed by atoms with van der Waals surface area (Å²) in [5.41, 5.74) is 23.1. The van der Waals surface area contributed by atoms with Gasteiger partial charge < -0.3 is 85.4 Å². The molecule has 7 amide bonds. The van der Waals surface area contributed by atoms with Crippen LogP contribution in [0.5, 0.6) is 0 Å². The molecule has 0 fully saturated rings. The van der Waals surface area contributed by atoms with Crippen LogP contribution in [0.25, 0.3) is 0 Å². The maximum atomic E-state index is 14.3. The summed E-state index contributed by atoms with van der Waals surface area (Å²) in [5.74, 6) is -8.67. The van der Waals surface area contributed by atoms with Gasteiger partial charge >= 0.3 is 5.97 Å². The predicted molar refractivity (Wildman–Crippen MR) is 254 cm³/mol. The van der Waals surface area contributed by atoms with E-state index in [9.17, 15) is 53.7 Å². The molecule has 0 saturated heterocycles. The smallest absolute Gasteiger partial charge is 0.326 e. The number of hydrogen-bond acceptors (Lipinski definition) is 15. The number of aromatic amines is 2. The Hall–Kier alpha value is -6.71. The van der Waals surface area contributed by atoms with Crippen LogP contribution < -0.4 is 60.2 Å². The number of carboxylic acid groups (broad SMARTS) is 1. The Morgan fingerprint density at radius 1 is 0.629 bits per heavy atom. The summed E-state index contributed by atoms with van der Waals surface area (Å²) < 4.78 is 0. The van der Waals surface area contributed by atoms with Gasteiger partial charge in [-0.1, -0.05) is 40.5 Å². The number of guanidine groups is 1. The minimum absolute atomic E-state index is 0.0365. The van der Waals surface area contributed by atoms with Crippen molar-refractivity contribution in [3.63, 3.8) is 0 Å². The molecule has 0 aromatic carbocycles. The number of aliphatic hydroxyl groups is 2. The average Bonchev–Trinajstić information content (AvgIpc) is 4.05. The number of rotatable bonds is 33. The lowest BCUT2D eigenvalue weighted by atomic mass is 9.96. The molecule has 0 spiro atoms. The maximum absolute atomic E-state index is 14.3. The predicted octanol–water partition coefficient (Wildman–Crippen LogP) is -4.63. The number of amides is 7. The number of hydrogen-bond donors (Lipinski definition) is 16. The van der Waals surface area contributed by atoms with E-state index in [0.29, 0.717) is 43.6 Å². The SMILES string of the molecule is CC[C@H](C)[C@H](NC(=O)[C@H](CCCN=C(N)N)NC(=O)[C@H](Cc1cnc[nH]1)NC(=O)[C@@H](NC(=O)[C@@H](NC(=O)[C@H](CCCCN)NC(=O)[C@@H](N)CO)[C@@H](C)CC)[C@@H](C)O)C(=O)N[C@@H](Cc1cnc[nH]1)C(=O)O. The van der Waals surface area contributed by atoms with Crippen molar-refractivity contribution >= 4 is 53.3 Å². The van der Waals surface area contributed by atoms with Gasteiger partial charge in [0.2, 0.25) is 41.4 Å². The Balaban J connectivity index is 2.44. The Morgan fingerprint density at radius 2 is 1.06 bits per heavy atom. The van der Waals surface area contributed by atoms with Gasteiger partial charge in [0.05, 0.1) is 25.4 Å². The van der Waals surface area contributed by atoms with E-state index in [2.05, 4.69) is 62.1 Å². The van der Waals surface area contributed by atoms with Crippen LogP contribution in [0.4, 0.5) is 0 Å². The molecule has 20 N–H and O–H groups in total. The summed E-state index contributed by atoms with van der Waals surface area (Å²) in [7, 11) is 0. The molecule has 11 atom stereocenters. The number of nitrogens with zero attached hydrogens (tertiary/aromatic N) is 3. The fraction of sp³-hybridized carbons (Fsp3) is 0.651. The molecule has 392 valence electrons. The second-order valence-corrected chi connectivity index (χ2v) is 17.1. The molecule has 0 bridgehead atoms. The van der Waals surface area contributed by atoms with Crippen LogP contribution in [-0.2, 0) is 51.2 Å². The lowest BCUT2D eigenvalue weighted by Gasteiger charge is -2.30. The van der Waals surface area contributed by atoms with Crippen LogP contribution in [0.2, 0.25) is 0 Å². The molecular formula is C43H74N16O11. The van der Waals surface area contributed by atoms with Crippen LogP contribution in [-0.4, -0.2) is 163 Å². The number of carboxylic acids is 1. The molecule has 0 aliphatic carbocycles. The molecule has 2 aromatic heterocycles. The second kappa shape index (κ2) is 30.7. The minimum Gasteiger partial charge on any atom is -0.480 e. The number of nitrogens with one attached hydrogen (secondary N) is 9. The Labute approximate surface area is 406 Å². The number of carbonyl (C=O) groups excluding carboxylic acids is 7. The van der Waals surface area contributed by atoms with E-state index in [4.69, 9.17) is 22.9 Å². The number of nitrogens with two attached hydrogens (primary N) is 4. The third-order valence-corrected chi connectivity index (χ3v) is 11.5. The third kappa shape index (κ3) is 20.1. The lowest BCUT2D eigenvalue weighted by Crippen LogP contribution is -2.63. The minimum atomic E-state index is -1.72. The first-order valence-corrected chi connectivity index (χ1v) is 23.3. The van der Waals surface area contributed by atoms with Gasteiger partial charge in [0.15, 0.2) is 5.96 Å². The normalized spacial score (nSPS) is 15.9. The standard InChI is InChI=1S/C43H74N16O11/c1-6-22(3)32(39(66)56-31(42(69)70)16-26-18-49-21-52-26)57-37(64)29(12-10-14-50-43(46)47)54-38(65)30(15-25-17-48-20-51-25)55-41(68)34(24(5)61)59-40(67)33(23(4)7-2)58-36(63)28(11-8-9-13-44)53-35(62)27(45)19-60/h17-18,20-24,27-34,60-61H,6-16,19,44-45H2,1-5H3,(H,48,51)(H,49,52)(H,53,62)(H,54,65)(H,55,68)(H,56,66)(H,57,64)(H,58,63)(H,59,67)(H,69,70)(H4,46,47,50)/t22-,23-,24+,27-,28-,29-,30-,31-,32-,33-,34-/m0/s1. The van der Waals surface area contributed by atoms with E-state index in [-0.39, 0.29) is 44.6 Å². The third-order valence-electron chi connectivity index (χ3n) is 11.5. The zero-order chi connectivity index (χ0) is 52.5. The van der Waals surface area contributed by atoms with E-state index >= 15 is 0 Å². The van der Waals surface area contributed by atoms with Gasteiger partial charge in [-0.25, -0.2) is 14.8 Å². The van der Waals surface area contributed by atoms with E-state index in [0.717, 1.165) is 0 Å². The number of carbonyl (C=O) groups is 8. The summed E-state index contributed by atoms with van der Waals surface area (Å²) in [6.45, 7) is 7.73. The van der Waals surface area contributed by atoms with Gasteiger partial charge in [-0.3, -0.25) is 38.6 Å². The molecular weight excluding hydrogens is 917 g/mol. The number of unbranched alkanes of at least 4 members (excludes halogenated alkanes) is 1. The highest BCUT2D eigenvalue weighted by molar-refractivity contribution is 5.98. The summed E-state index contributed by atoms with van der Waals surface area (Å²) in [5, 5.41) is 48.1. The highest BCUT2D eigenvalue weighted by Gasteiger charge is 2.37. The molecule has 27 nitrogen and oxygen atoms in total. The summed E-state index contributed by atoms with van der Waals surface area (Å²) in [6.07, 6.45) is 5.35. The van der Waals surface area contributed by atoms with E-state index in [1.54, 1.807) is 27.7 Å². The van der Waals surface area contributed by atoms with Crippen LogP contribution in [0.15, 0.2) is 30.0 Å². The van der Waals surface area contributed by atoms with Crippen molar-refractivity contribution in [2.45, 2.75) is 147 Å². The second-order valence-electron chi connectivity index (χ2n) is 17.1. The fourth-order valence-electron chi connectivity index (χ4n) is 6.89. The van der Waals surface area contributed by atoms with Crippen molar-refractivity contribution in [2.75, 3.05) is 19.7 Å². The van der Waals surface area contributed by atoms with Crippen LogP contribution in [0.1, 0.15) is 91.0 Å². The van der Waals surface area contributed by atoms with E-state index in [1.165, 1.54) is 32.0 Å². The molecule has 2 aromatic rings. The van der Waals surface area contributed by atoms with Crippen LogP contribution in [0.3, 0.4) is 0 Å². The number of aliphatic hydroxyl groups excluding tert-OH is 2. The highest BCUT2D eigenvalue weighted by Crippen LogP contribution is 2.14. The number of aliphatic carboxylic acids is 1. The molecule has 0 saturated carbocycles. The van der Waals surface area contributed by atoms with Crippen LogP contribution >= 0.6 is 0 Å². The fourth-order valence-corrected chi connectivity index (χ4v) is 6.89. The first-order chi connectivity index (χ1) is 33.2. The average molecular weight is 991 g/mol. The van der Waals surface area contributed by atoms with Crippen molar-refractivity contribution in [1.29, 1.82) is 0 Å². The Morgan fingerprint density at radius 3 is 1.50 bits per heavy atom. The highest BCUT2D eigenvalue weighted by atomic mass is 16.4. The monoisotopic (exact) mass is 991 g/mol. The Kier molecular flexibility index (Phi) is 26.1. The zero-order valence-corrected chi connectivity index (χ0v) is 40.4. The van der Waals surface area contributed by atoms with Crippen molar-refractivity contribution in [2.24, 2.45) is 39.8 Å². The summed E-state index contributed by atoms with van der Waals surface area (Å²) in [6, 6.07) is -11.1. The van der Waals surface area contributed by atoms with E-state index < -0.39 is 120 Å². The maximum Gasteiger partial charge on any atom is 0.326 e. The van der Waals surface area contributed by atoms with E-state index in [1.807, 2.05) is 0 Å². The van der Waals surface area contributed by atoms with Crippen LogP contribution in [0, 0.1) is 11.8 Å². The van der Waals surface area contributed by atoms with Gasteiger partial charge in [-0.05, 0) is 57.4 Å². The van der Waals surface area contributed by atoms with Gasteiger partial charge in [0.25, 0.3) is 0 Å². The molecule has 0 unspecified atom stereocenters. The lowest BCUT2D eigenvalue weighted by molar-refractivity contribution is -0.142. The van der Waals surface area contributed by atoms with Gasteiger partial charge in [0, 0.05) is 43.2 Å². The van der Waals surface area contributed by atoms with Crippen molar-refractivity contribution in [3.05, 3.63) is 36.4 Å². The quantitative estimate of drug-likeness (QED) is 0.0182. The summed E-state index contributed by atoms with van der Waals surface area (Å²) >= 11 is 0. The first kappa shape index (κ1) is 59.4. The molecule has 2 heterocycles. The van der Waals surface area contributed by atoms with Crippen molar-refractivity contribution < 1.29 is 53.7 Å². The molecule has 27 heteroatoms. The van der Waals surface area contributed by atoms with Gasteiger partial charge in [-0.15, -0.1) is 0 Å². The molecule has 70 heavy (non-hydrogen) atoms. The topological polar surface area (TPSA) is 455 Å². The van der Waals surface area contributed by atoms with Crippen molar-refractivity contribution in [1.82, 2.24) is 57.2 Å². The molecule has 0 aliphatic rings. The number of aromatic nitrogens is 4. The molecule has 2 rings (SSSR count). The molecule has 0 radical (unpaired) electrons. The first-order valence-electron chi connectivity index (χ1n) is 23.3. The largest absolute Gasteiger partial charge is 0.480 e. The van der Waals surface area contributed by atoms with Crippen molar-refractivity contribution in [3.8, 4) is 0 Å². The number of aliphatic imine (C=N–C) groups is 1. The summed E-state index contributed by atoms with van der Waals surface area (Å²) in [4.78, 5) is 126. The number of imidazole rings is 2. The zero-order valence-electron chi connectivity index (χ0n) is 40.4. The van der Waals surface area contributed by atoms with Gasteiger partial charge in [-0.2, -0.15) is 0 Å².